The standard InChI is InChI=1S/C21H24N2O6S/c1-26-15-11-13(12-16(27-2)18(15)28-3)29-9-6-10-30(4)19-17(24)14-7-5-8-22-20(14)23-21(19)25/h5,7-8,11-12H,6,9-10H2,1-4H3,(H-,22,23,24,25)/p+1. The third-order valence-corrected chi connectivity index (χ3v) is 6.54. The first kappa shape index (κ1) is 21.6. The third-order valence-electron chi connectivity index (χ3n) is 4.57. The van der Waals surface area contributed by atoms with Crippen LogP contribution in [0.3, 0.4) is 0 Å². The Balaban J connectivity index is 1.66. The second kappa shape index (κ2) is 9.62. The molecule has 2 heterocycles. The lowest BCUT2D eigenvalue weighted by molar-refractivity contribution is 0.299. The van der Waals surface area contributed by atoms with Gasteiger partial charge in [-0.15, -0.1) is 0 Å². The molecule has 160 valence electrons. The van der Waals surface area contributed by atoms with E-state index in [9.17, 15) is 9.90 Å². The molecule has 9 heteroatoms. The average molecular weight is 434 g/mol. The molecule has 8 nitrogen and oxygen atoms in total. The van der Waals surface area contributed by atoms with Gasteiger partial charge in [0.25, 0.3) is 4.90 Å². The first-order valence-corrected chi connectivity index (χ1v) is 11.1. The van der Waals surface area contributed by atoms with Gasteiger partial charge in [-0.05, 0) is 12.1 Å². The number of benzene rings is 1. The molecular weight excluding hydrogens is 408 g/mol. The van der Waals surface area contributed by atoms with Crippen LogP contribution >= 0.6 is 0 Å². The van der Waals surface area contributed by atoms with Gasteiger partial charge in [-0.1, -0.05) is 0 Å². The number of pyridine rings is 2. The van der Waals surface area contributed by atoms with Gasteiger partial charge in [0.2, 0.25) is 5.75 Å². The minimum absolute atomic E-state index is 0.00164. The van der Waals surface area contributed by atoms with Crippen molar-refractivity contribution in [2.75, 3.05) is 39.9 Å². The summed E-state index contributed by atoms with van der Waals surface area (Å²) in [5.74, 6) is 2.82. The van der Waals surface area contributed by atoms with E-state index in [1.54, 1.807) is 51.8 Å². The maximum absolute atomic E-state index is 12.4. The maximum atomic E-state index is 12.4. The lowest BCUT2D eigenvalue weighted by atomic mass is 10.2. The summed E-state index contributed by atoms with van der Waals surface area (Å²) in [7, 11) is 4.18. The number of aromatic hydroxyl groups is 1. The number of rotatable bonds is 9. The van der Waals surface area contributed by atoms with Crippen molar-refractivity contribution in [2.24, 2.45) is 0 Å². The van der Waals surface area contributed by atoms with Crippen LogP contribution in [0.1, 0.15) is 6.42 Å². The van der Waals surface area contributed by atoms with Crippen molar-refractivity contribution >= 4 is 21.9 Å². The molecule has 2 aromatic heterocycles. The number of H-pyrrole nitrogens is 1. The van der Waals surface area contributed by atoms with Crippen LogP contribution in [0.2, 0.25) is 0 Å². The highest BCUT2D eigenvalue weighted by molar-refractivity contribution is 7.96. The van der Waals surface area contributed by atoms with Crippen LogP contribution < -0.4 is 24.5 Å². The van der Waals surface area contributed by atoms with Gasteiger partial charge in [0.15, 0.2) is 17.2 Å². The van der Waals surface area contributed by atoms with Crippen LogP contribution in [0.25, 0.3) is 11.0 Å². The number of ether oxygens (including phenoxy) is 4. The molecule has 30 heavy (non-hydrogen) atoms. The molecule has 0 radical (unpaired) electrons. The second-order valence-electron chi connectivity index (χ2n) is 6.44. The minimum atomic E-state index is -0.458. The van der Waals surface area contributed by atoms with Gasteiger partial charge in [0.1, 0.15) is 23.4 Å². The maximum Gasteiger partial charge on any atom is 0.308 e. The number of nitrogens with zero attached hydrogens (tertiary/aromatic N) is 1. The summed E-state index contributed by atoms with van der Waals surface area (Å²) in [4.78, 5) is 19.7. The first-order valence-electron chi connectivity index (χ1n) is 9.25. The SMILES string of the molecule is COc1cc(OCCC[S+](C)c2c(O)c3cccnc3[nH]c2=O)cc(OC)c1OC. The average Bonchev–Trinajstić information content (AvgIpc) is 2.75. The monoisotopic (exact) mass is 433 g/mol. The summed E-state index contributed by atoms with van der Waals surface area (Å²) in [6.07, 6.45) is 4.20. The Morgan fingerprint density at radius 2 is 1.83 bits per heavy atom. The molecule has 0 aliphatic heterocycles. The second-order valence-corrected chi connectivity index (χ2v) is 8.53. The van der Waals surface area contributed by atoms with E-state index >= 15 is 0 Å². The molecule has 0 saturated carbocycles. The van der Waals surface area contributed by atoms with Gasteiger partial charge in [-0.25, -0.2) is 4.98 Å². The zero-order valence-electron chi connectivity index (χ0n) is 17.4. The highest BCUT2D eigenvalue weighted by Crippen LogP contribution is 2.40. The number of hydrogen-bond donors (Lipinski definition) is 2. The van der Waals surface area contributed by atoms with E-state index in [1.807, 2.05) is 6.26 Å². The Morgan fingerprint density at radius 3 is 2.47 bits per heavy atom. The van der Waals surface area contributed by atoms with E-state index in [0.29, 0.717) is 57.7 Å². The summed E-state index contributed by atoms with van der Waals surface area (Å²) >= 11 is 0. The molecular formula is C21H25N2O6S+. The van der Waals surface area contributed by atoms with Crippen molar-refractivity contribution in [1.82, 2.24) is 9.97 Å². The normalized spacial score (nSPS) is 11.9. The fraction of sp³-hybridized carbons (Fsp3) is 0.333. The van der Waals surface area contributed by atoms with Gasteiger partial charge in [-0.2, -0.15) is 0 Å². The van der Waals surface area contributed by atoms with E-state index in [1.165, 1.54) is 0 Å². The lowest BCUT2D eigenvalue weighted by Crippen LogP contribution is -2.20. The Hall–Kier alpha value is -3.07. The molecule has 1 unspecified atom stereocenters. The highest BCUT2D eigenvalue weighted by Gasteiger charge is 2.26. The molecule has 0 amide bonds. The number of hydrogen-bond acceptors (Lipinski definition) is 7. The van der Waals surface area contributed by atoms with Crippen LogP contribution in [0.4, 0.5) is 0 Å². The molecule has 0 aliphatic carbocycles. The third kappa shape index (κ3) is 4.40. The predicted molar refractivity (Wildman–Crippen MR) is 117 cm³/mol. The molecule has 1 atom stereocenters. The van der Waals surface area contributed by atoms with Crippen molar-refractivity contribution < 1.29 is 24.1 Å². The Morgan fingerprint density at radius 1 is 1.13 bits per heavy atom. The zero-order valence-corrected chi connectivity index (χ0v) is 18.2. The summed E-state index contributed by atoms with van der Waals surface area (Å²) in [5.41, 5.74) is 0.0709. The Kier molecular flexibility index (Phi) is 6.94. The highest BCUT2D eigenvalue weighted by atomic mass is 32.2. The van der Waals surface area contributed by atoms with E-state index in [0.717, 1.165) is 0 Å². The molecule has 0 aliphatic rings. The summed E-state index contributed by atoms with van der Waals surface area (Å²) < 4.78 is 21.8. The van der Waals surface area contributed by atoms with Crippen molar-refractivity contribution in [3.8, 4) is 28.7 Å². The Bertz CT molecular complexity index is 1060. The zero-order chi connectivity index (χ0) is 21.7. The molecule has 3 aromatic rings. The van der Waals surface area contributed by atoms with Gasteiger partial charge >= 0.3 is 5.56 Å². The van der Waals surface area contributed by atoms with Gasteiger partial charge in [0, 0.05) is 35.6 Å². The van der Waals surface area contributed by atoms with Crippen LogP contribution in [0.5, 0.6) is 28.7 Å². The van der Waals surface area contributed by atoms with E-state index in [2.05, 4.69) is 9.97 Å². The summed E-state index contributed by atoms with van der Waals surface area (Å²) in [6, 6.07) is 6.94. The van der Waals surface area contributed by atoms with E-state index < -0.39 is 10.9 Å². The smallest absolute Gasteiger partial charge is 0.308 e. The molecule has 0 spiro atoms. The van der Waals surface area contributed by atoms with Crippen LogP contribution in [0, 0.1) is 0 Å². The number of fused-ring (bicyclic) bond motifs is 1. The van der Waals surface area contributed by atoms with Crippen LogP contribution in [-0.2, 0) is 10.9 Å². The largest absolute Gasteiger partial charge is 0.503 e. The topological polar surface area (TPSA) is 103 Å². The number of aromatic nitrogens is 2. The summed E-state index contributed by atoms with van der Waals surface area (Å²) in [6.45, 7) is 0.434. The molecule has 3 rings (SSSR count). The van der Waals surface area contributed by atoms with Crippen LogP contribution in [-0.4, -0.2) is 55.0 Å². The molecule has 2 N–H and O–H groups in total. The van der Waals surface area contributed by atoms with Gasteiger partial charge in [0.05, 0.1) is 33.3 Å². The van der Waals surface area contributed by atoms with E-state index in [-0.39, 0.29) is 11.3 Å². The summed E-state index contributed by atoms with van der Waals surface area (Å²) in [5, 5.41) is 11.1. The first-order chi connectivity index (χ1) is 14.5. The fourth-order valence-corrected chi connectivity index (χ4v) is 4.68. The van der Waals surface area contributed by atoms with Gasteiger partial charge in [-0.3, -0.25) is 4.79 Å². The lowest BCUT2D eigenvalue weighted by Gasteiger charge is -2.14. The fourth-order valence-electron chi connectivity index (χ4n) is 3.12. The quantitative estimate of drug-likeness (QED) is 0.395. The minimum Gasteiger partial charge on any atom is -0.503 e. The van der Waals surface area contributed by atoms with Gasteiger partial charge < -0.3 is 29.0 Å². The predicted octanol–water partition coefficient (Wildman–Crippen LogP) is 2.73. The molecule has 0 bridgehead atoms. The van der Waals surface area contributed by atoms with Crippen molar-refractivity contribution in [2.45, 2.75) is 11.3 Å². The van der Waals surface area contributed by atoms with E-state index in [4.69, 9.17) is 18.9 Å². The van der Waals surface area contributed by atoms with Crippen molar-refractivity contribution in [1.29, 1.82) is 0 Å². The molecule has 0 fully saturated rings. The van der Waals surface area contributed by atoms with Crippen molar-refractivity contribution in [3.05, 3.63) is 40.8 Å². The Labute approximate surface area is 177 Å². The molecule has 0 saturated heterocycles. The van der Waals surface area contributed by atoms with Crippen molar-refractivity contribution in [3.63, 3.8) is 0 Å². The van der Waals surface area contributed by atoms with Crippen LogP contribution in [0.15, 0.2) is 40.2 Å². The number of methoxy groups -OCH3 is 3. The molecule has 1 aromatic carbocycles. The number of aromatic amines is 1. The number of nitrogens with one attached hydrogen (secondary N) is 1.